The van der Waals surface area contributed by atoms with Gasteiger partial charge < -0.3 is 26.8 Å². The third-order valence-electron chi connectivity index (χ3n) is 5.47. The lowest BCUT2D eigenvalue weighted by Gasteiger charge is -2.25. The quantitative estimate of drug-likeness (QED) is 0.319. The molecule has 178 valence electrons. The van der Waals surface area contributed by atoms with E-state index in [0.29, 0.717) is 6.42 Å². The van der Waals surface area contributed by atoms with Gasteiger partial charge in [0.05, 0.1) is 6.04 Å². The molecule has 0 aliphatic carbocycles. The number of nitrogens with one attached hydrogen (secondary N) is 3. The minimum absolute atomic E-state index is 0.117. The summed E-state index contributed by atoms with van der Waals surface area (Å²) < 4.78 is 0. The van der Waals surface area contributed by atoms with Crippen LogP contribution in [0.2, 0.25) is 0 Å². The van der Waals surface area contributed by atoms with Crippen molar-refractivity contribution in [2.75, 3.05) is 0 Å². The van der Waals surface area contributed by atoms with Crippen LogP contribution in [0, 0.1) is 11.8 Å². The van der Waals surface area contributed by atoms with E-state index in [1.807, 2.05) is 37.3 Å². The van der Waals surface area contributed by atoms with E-state index in [1.54, 1.807) is 20.8 Å². The van der Waals surface area contributed by atoms with Crippen molar-refractivity contribution < 1.29 is 24.3 Å². The fraction of sp³-hybridized carbons (Fsp3) is 0.565. The summed E-state index contributed by atoms with van der Waals surface area (Å²) in [5.41, 5.74) is 6.74. The zero-order chi connectivity index (χ0) is 24.4. The van der Waals surface area contributed by atoms with Crippen LogP contribution in [0.5, 0.6) is 0 Å². The SMILES string of the molecule is CCC(C)C(NC(=O)C(C)NC(=O)C(Cc1ccccc1)NC(=O)C(N)C(C)C)C(=O)O. The highest BCUT2D eigenvalue weighted by molar-refractivity contribution is 5.94. The van der Waals surface area contributed by atoms with Crippen LogP contribution in [0.1, 0.15) is 46.6 Å². The van der Waals surface area contributed by atoms with Gasteiger partial charge in [-0.1, -0.05) is 64.4 Å². The number of hydrogen-bond acceptors (Lipinski definition) is 5. The molecule has 0 spiro atoms. The van der Waals surface area contributed by atoms with Crippen molar-refractivity contribution >= 4 is 23.7 Å². The first-order valence-electron chi connectivity index (χ1n) is 10.9. The lowest BCUT2D eigenvalue weighted by Crippen LogP contribution is -2.57. The number of benzene rings is 1. The van der Waals surface area contributed by atoms with E-state index in [0.717, 1.165) is 5.56 Å². The second-order valence-electron chi connectivity index (χ2n) is 8.46. The van der Waals surface area contributed by atoms with Crippen LogP contribution in [-0.4, -0.2) is 53.0 Å². The number of aliphatic carboxylic acids is 1. The molecule has 6 N–H and O–H groups in total. The highest BCUT2D eigenvalue weighted by Gasteiger charge is 2.30. The van der Waals surface area contributed by atoms with Gasteiger partial charge in [0, 0.05) is 6.42 Å². The van der Waals surface area contributed by atoms with Crippen LogP contribution in [0.15, 0.2) is 30.3 Å². The van der Waals surface area contributed by atoms with E-state index in [9.17, 15) is 24.3 Å². The fourth-order valence-corrected chi connectivity index (χ4v) is 2.97. The Morgan fingerprint density at radius 1 is 0.906 bits per heavy atom. The fourth-order valence-electron chi connectivity index (χ4n) is 2.97. The molecule has 3 amide bonds. The standard InChI is InChI=1S/C23H36N4O5/c1-6-14(4)19(23(31)32)27-20(28)15(5)25-21(29)17(12-16-10-8-7-9-11-16)26-22(30)18(24)13(2)3/h7-11,13-15,17-19H,6,12,24H2,1-5H3,(H,25,29)(H,26,30)(H,27,28)(H,31,32). The maximum Gasteiger partial charge on any atom is 0.326 e. The predicted octanol–water partition coefficient (Wildman–Crippen LogP) is 0.817. The van der Waals surface area contributed by atoms with Gasteiger partial charge in [0.15, 0.2) is 0 Å². The van der Waals surface area contributed by atoms with Crippen LogP contribution in [-0.2, 0) is 25.6 Å². The van der Waals surface area contributed by atoms with Gasteiger partial charge in [0.25, 0.3) is 0 Å². The van der Waals surface area contributed by atoms with E-state index in [-0.39, 0.29) is 18.3 Å². The van der Waals surface area contributed by atoms with Gasteiger partial charge in [-0.2, -0.15) is 0 Å². The minimum atomic E-state index is -1.14. The first kappa shape index (κ1) is 27.1. The number of carbonyl (C=O) groups excluding carboxylic acids is 3. The molecule has 0 radical (unpaired) electrons. The summed E-state index contributed by atoms with van der Waals surface area (Å²) in [5.74, 6) is -3.17. The number of amides is 3. The summed E-state index contributed by atoms with van der Waals surface area (Å²) in [5, 5.41) is 17.1. The molecule has 0 saturated heterocycles. The van der Waals surface area contributed by atoms with Gasteiger partial charge in [0.1, 0.15) is 18.1 Å². The van der Waals surface area contributed by atoms with E-state index in [1.165, 1.54) is 6.92 Å². The third kappa shape index (κ3) is 8.30. The summed E-state index contributed by atoms with van der Waals surface area (Å²) in [4.78, 5) is 49.4. The molecular weight excluding hydrogens is 412 g/mol. The zero-order valence-electron chi connectivity index (χ0n) is 19.4. The summed E-state index contributed by atoms with van der Waals surface area (Å²) in [6, 6.07) is 5.35. The average Bonchev–Trinajstić information content (AvgIpc) is 2.75. The molecule has 0 fully saturated rings. The Balaban J connectivity index is 2.92. The third-order valence-corrected chi connectivity index (χ3v) is 5.47. The van der Waals surface area contributed by atoms with Crippen molar-refractivity contribution in [2.45, 2.75) is 71.6 Å². The summed E-state index contributed by atoms with van der Waals surface area (Å²) in [7, 11) is 0. The Kier molecular flexibility index (Phi) is 10.8. The molecule has 1 aromatic carbocycles. The Morgan fingerprint density at radius 3 is 2.00 bits per heavy atom. The number of hydrogen-bond donors (Lipinski definition) is 5. The van der Waals surface area contributed by atoms with Crippen LogP contribution in [0.25, 0.3) is 0 Å². The lowest BCUT2D eigenvalue weighted by molar-refractivity contribution is -0.143. The molecule has 0 bridgehead atoms. The van der Waals surface area contributed by atoms with E-state index >= 15 is 0 Å². The summed E-state index contributed by atoms with van der Waals surface area (Å²) in [6.07, 6.45) is 0.779. The largest absolute Gasteiger partial charge is 0.480 e. The monoisotopic (exact) mass is 448 g/mol. The van der Waals surface area contributed by atoms with Crippen molar-refractivity contribution in [3.05, 3.63) is 35.9 Å². The minimum Gasteiger partial charge on any atom is -0.480 e. The van der Waals surface area contributed by atoms with Gasteiger partial charge in [0.2, 0.25) is 17.7 Å². The number of carbonyl (C=O) groups is 4. The van der Waals surface area contributed by atoms with E-state index < -0.39 is 47.9 Å². The maximum atomic E-state index is 12.9. The second kappa shape index (κ2) is 12.8. The lowest BCUT2D eigenvalue weighted by atomic mass is 9.99. The molecule has 32 heavy (non-hydrogen) atoms. The van der Waals surface area contributed by atoms with Gasteiger partial charge in [-0.25, -0.2) is 4.79 Å². The molecule has 0 saturated carbocycles. The molecule has 0 aliphatic rings. The van der Waals surface area contributed by atoms with Gasteiger partial charge >= 0.3 is 5.97 Å². The molecule has 0 heterocycles. The van der Waals surface area contributed by atoms with Crippen LogP contribution in [0.3, 0.4) is 0 Å². The van der Waals surface area contributed by atoms with E-state index in [4.69, 9.17) is 5.73 Å². The second-order valence-corrected chi connectivity index (χ2v) is 8.46. The molecule has 5 unspecified atom stereocenters. The average molecular weight is 449 g/mol. The van der Waals surface area contributed by atoms with Crippen molar-refractivity contribution in [3.63, 3.8) is 0 Å². The molecule has 9 heteroatoms. The number of carboxylic acids is 1. The first-order valence-corrected chi connectivity index (χ1v) is 10.9. The number of nitrogens with two attached hydrogens (primary N) is 1. The van der Waals surface area contributed by atoms with Gasteiger partial charge in [-0.3, -0.25) is 14.4 Å². The van der Waals surface area contributed by atoms with Crippen molar-refractivity contribution in [3.8, 4) is 0 Å². The molecule has 5 atom stereocenters. The molecule has 0 aliphatic heterocycles. The molecule has 1 rings (SSSR count). The topological polar surface area (TPSA) is 151 Å². The Labute approximate surface area is 189 Å². The number of rotatable bonds is 12. The molecule has 0 aromatic heterocycles. The van der Waals surface area contributed by atoms with Crippen molar-refractivity contribution in [2.24, 2.45) is 17.6 Å². The predicted molar refractivity (Wildman–Crippen MR) is 122 cm³/mol. The number of carboxylic acid groups (broad SMARTS) is 1. The van der Waals surface area contributed by atoms with E-state index in [2.05, 4.69) is 16.0 Å². The van der Waals surface area contributed by atoms with Crippen molar-refractivity contribution in [1.82, 2.24) is 16.0 Å². The zero-order valence-corrected chi connectivity index (χ0v) is 19.4. The first-order chi connectivity index (χ1) is 15.0. The van der Waals surface area contributed by atoms with Gasteiger partial charge in [-0.15, -0.1) is 0 Å². The Bertz CT molecular complexity index is 784. The highest BCUT2D eigenvalue weighted by Crippen LogP contribution is 2.09. The Hall–Kier alpha value is -2.94. The van der Waals surface area contributed by atoms with Crippen molar-refractivity contribution in [1.29, 1.82) is 0 Å². The summed E-state index contributed by atoms with van der Waals surface area (Å²) >= 11 is 0. The van der Waals surface area contributed by atoms with Crippen LogP contribution < -0.4 is 21.7 Å². The summed E-state index contributed by atoms with van der Waals surface area (Å²) in [6.45, 7) is 8.63. The normalized spacial score (nSPS) is 15.7. The highest BCUT2D eigenvalue weighted by atomic mass is 16.4. The van der Waals surface area contributed by atoms with Crippen LogP contribution in [0.4, 0.5) is 0 Å². The molecule has 9 nitrogen and oxygen atoms in total. The molecular formula is C23H36N4O5. The molecule has 1 aromatic rings. The van der Waals surface area contributed by atoms with Crippen LogP contribution >= 0.6 is 0 Å². The Morgan fingerprint density at radius 2 is 1.50 bits per heavy atom. The van der Waals surface area contributed by atoms with Gasteiger partial charge in [-0.05, 0) is 24.3 Å². The smallest absolute Gasteiger partial charge is 0.326 e. The maximum absolute atomic E-state index is 12.9.